The zero-order valence-electron chi connectivity index (χ0n) is 17.5. The van der Waals surface area contributed by atoms with Crippen molar-refractivity contribution in [2.45, 2.75) is 32.4 Å². The first-order valence-corrected chi connectivity index (χ1v) is 10.6. The van der Waals surface area contributed by atoms with E-state index in [0.29, 0.717) is 32.1 Å². The van der Waals surface area contributed by atoms with Gasteiger partial charge in [-0.3, -0.25) is 4.79 Å². The summed E-state index contributed by atoms with van der Waals surface area (Å²) in [5.74, 6) is 1.36. The molecular formula is C22H26F3N5O. The van der Waals surface area contributed by atoms with Gasteiger partial charge in [0.1, 0.15) is 5.82 Å². The van der Waals surface area contributed by atoms with E-state index in [1.165, 1.54) is 31.4 Å². The molecule has 0 radical (unpaired) electrons. The van der Waals surface area contributed by atoms with E-state index >= 15 is 0 Å². The topological polar surface area (TPSA) is 52.6 Å². The number of aryl methyl sites for hydroxylation is 1. The van der Waals surface area contributed by atoms with Gasteiger partial charge in [0.2, 0.25) is 5.95 Å². The van der Waals surface area contributed by atoms with Crippen LogP contribution in [0.2, 0.25) is 0 Å². The van der Waals surface area contributed by atoms with E-state index in [1.54, 1.807) is 4.90 Å². The van der Waals surface area contributed by atoms with Gasteiger partial charge in [-0.05, 0) is 50.5 Å². The second kappa shape index (κ2) is 8.72. The number of carbonyl (C=O) groups is 1. The Labute approximate surface area is 179 Å². The van der Waals surface area contributed by atoms with Crippen molar-refractivity contribution in [1.29, 1.82) is 0 Å². The molecule has 6 nitrogen and oxygen atoms in total. The molecule has 0 aliphatic carbocycles. The van der Waals surface area contributed by atoms with Crippen LogP contribution in [0.3, 0.4) is 0 Å². The second-order valence-electron chi connectivity index (χ2n) is 8.07. The molecule has 0 saturated carbocycles. The Morgan fingerprint density at radius 2 is 1.52 bits per heavy atom. The first-order chi connectivity index (χ1) is 14.8. The summed E-state index contributed by atoms with van der Waals surface area (Å²) >= 11 is 0. The molecule has 9 heteroatoms. The van der Waals surface area contributed by atoms with E-state index in [4.69, 9.17) is 4.98 Å². The molecular weight excluding hydrogens is 407 g/mol. The van der Waals surface area contributed by atoms with E-state index in [-0.39, 0.29) is 11.5 Å². The lowest BCUT2D eigenvalue weighted by molar-refractivity contribution is -0.137. The van der Waals surface area contributed by atoms with Crippen molar-refractivity contribution in [3.05, 3.63) is 47.2 Å². The van der Waals surface area contributed by atoms with Crippen LogP contribution in [-0.4, -0.2) is 60.0 Å². The van der Waals surface area contributed by atoms with Crippen LogP contribution in [0, 0.1) is 6.92 Å². The third-order valence-electron chi connectivity index (χ3n) is 5.82. The number of nitrogens with zero attached hydrogens (tertiary/aromatic N) is 5. The molecule has 2 saturated heterocycles. The number of alkyl halides is 3. The van der Waals surface area contributed by atoms with Crippen molar-refractivity contribution in [3.8, 4) is 0 Å². The van der Waals surface area contributed by atoms with Crippen molar-refractivity contribution in [2.24, 2.45) is 0 Å². The normalized spacial score (nSPS) is 17.7. The number of piperidine rings is 1. The summed E-state index contributed by atoms with van der Waals surface area (Å²) in [7, 11) is 0. The maximum absolute atomic E-state index is 12.7. The molecule has 1 aromatic heterocycles. The number of rotatable bonds is 3. The standard InChI is InChI=1S/C22H26F3N5O/c1-16-15-19(28-9-3-2-4-10-28)27-21(26-16)30-13-11-29(12-14-30)20(31)17-5-7-18(8-6-17)22(23,24)25/h5-8,15H,2-4,9-14H2,1H3. The maximum Gasteiger partial charge on any atom is 0.416 e. The van der Waals surface area contributed by atoms with Gasteiger partial charge in [-0.1, -0.05) is 0 Å². The zero-order chi connectivity index (χ0) is 22.0. The maximum atomic E-state index is 12.7. The average molecular weight is 433 g/mol. The minimum absolute atomic E-state index is 0.257. The molecule has 1 amide bonds. The van der Waals surface area contributed by atoms with Crippen LogP contribution >= 0.6 is 0 Å². The molecule has 1 aromatic carbocycles. The number of amides is 1. The molecule has 2 aliphatic heterocycles. The van der Waals surface area contributed by atoms with Crippen LogP contribution < -0.4 is 9.80 Å². The zero-order valence-corrected chi connectivity index (χ0v) is 17.5. The van der Waals surface area contributed by atoms with Crippen molar-refractivity contribution in [3.63, 3.8) is 0 Å². The summed E-state index contributed by atoms with van der Waals surface area (Å²) < 4.78 is 38.2. The highest BCUT2D eigenvalue weighted by molar-refractivity contribution is 5.94. The quantitative estimate of drug-likeness (QED) is 0.738. The fraction of sp³-hybridized carbons (Fsp3) is 0.500. The van der Waals surface area contributed by atoms with Crippen LogP contribution in [0.25, 0.3) is 0 Å². The van der Waals surface area contributed by atoms with Gasteiger partial charge in [0.05, 0.1) is 5.56 Å². The third kappa shape index (κ3) is 4.91. The Kier molecular flexibility index (Phi) is 6.02. The highest BCUT2D eigenvalue weighted by Gasteiger charge is 2.31. The lowest BCUT2D eigenvalue weighted by Crippen LogP contribution is -2.49. The Bertz CT molecular complexity index is 918. The van der Waals surface area contributed by atoms with Gasteiger partial charge in [-0.2, -0.15) is 18.2 Å². The van der Waals surface area contributed by atoms with E-state index in [1.807, 2.05) is 13.0 Å². The van der Waals surface area contributed by atoms with Crippen molar-refractivity contribution >= 4 is 17.7 Å². The number of aromatic nitrogens is 2. The highest BCUT2D eigenvalue weighted by atomic mass is 19.4. The van der Waals surface area contributed by atoms with Crippen LogP contribution in [-0.2, 0) is 6.18 Å². The van der Waals surface area contributed by atoms with Gasteiger partial charge in [-0.15, -0.1) is 0 Å². The molecule has 4 rings (SSSR count). The van der Waals surface area contributed by atoms with Crippen molar-refractivity contribution < 1.29 is 18.0 Å². The minimum Gasteiger partial charge on any atom is -0.356 e. The van der Waals surface area contributed by atoms with Crippen LogP contribution in [0.1, 0.15) is 40.9 Å². The monoisotopic (exact) mass is 433 g/mol. The minimum atomic E-state index is -4.41. The predicted octanol–water partition coefficient (Wildman–Crippen LogP) is 3.76. The number of halogens is 3. The van der Waals surface area contributed by atoms with Crippen LogP contribution in [0.4, 0.5) is 24.9 Å². The number of anilines is 2. The van der Waals surface area contributed by atoms with Gasteiger partial charge in [0.15, 0.2) is 0 Å². The van der Waals surface area contributed by atoms with E-state index in [0.717, 1.165) is 36.7 Å². The van der Waals surface area contributed by atoms with Crippen molar-refractivity contribution in [1.82, 2.24) is 14.9 Å². The first kappa shape index (κ1) is 21.4. The number of hydrogen-bond acceptors (Lipinski definition) is 5. The highest BCUT2D eigenvalue weighted by Crippen LogP contribution is 2.29. The second-order valence-corrected chi connectivity index (χ2v) is 8.07. The first-order valence-electron chi connectivity index (χ1n) is 10.6. The van der Waals surface area contributed by atoms with Crippen molar-refractivity contribution in [2.75, 3.05) is 49.1 Å². The summed E-state index contributed by atoms with van der Waals surface area (Å²) in [5.41, 5.74) is 0.421. The number of carbonyl (C=O) groups excluding carboxylic acids is 1. The fourth-order valence-corrected chi connectivity index (χ4v) is 4.06. The molecule has 3 heterocycles. The van der Waals surface area contributed by atoms with E-state index in [9.17, 15) is 18.0 Å². The van der Waals surface area contributed by atoms with E-state index < -0.39 is 11.7 Å². The van der Waals surface area contributed by atoms with Crippen LogP contribution in [0.5, 0.6) is 0 Å². The predicted molar refractivity (Wildman–Crippen MR) is 112 cm³/mol. The molecule has 0 spiro atoms. The van der Waals surface area contributed by atoms with Gasteiger partial charge in [0, 0.05) is 56.6 Å². The SMILES string of the molecule is Cc1cc(N2CCCCC2)nc(N2CCN(C(=O)c3ccc(C(F)(F)F)cc3)CC2)n1. The number of hydrogen-bond donors (Lipinski definition) is 0. The molecule has 0 unspecified atom stereocenters. The molecule has 0 bridgehead atoms. The molecule has 2 fully saturated rings. The molecule has 2 aliphatic rings. The Morgan fingerprint density at radius 3 is 2.13 bits per heavy atom. The van der Waals surface area contributed by atoms with E-state index in [2.05, 4.69) is 14.8 Å². The van der Waals surface area contributed by atoms with Gasteiger partial charge >= 0.3 is 6.18 Å². The number of piperazine rings is 1. The number of benzene rings is 1. The average Bonchev–Trinajstić information content (AvgIpc) is 2.78. The summed E-state index contributed by atoms with van der Waals surface area (Å²) in [6.45, 7) is 6.07. The largest absolute Gasteiger partial charge is 0.416 e. The van der Waals surface area contributed by atoms with Gasteiger partial charge in [-0.25, -0.2) is 4.98 Å². The summed E-state index contributed by atoms with van der Waals surface area (Å²) in [6, 6.07) is 6.40. The molecule has 2 aromatic rings. The Balaban J connectivity index is 1.40. The Morgan fingerprint density at radius 1 is 0.871 bits per heavy atom. The molecule has 166 valence electrons. The summed E-state index contributed by atoms with van der Waals surface area (Å²) in [4.78, 5) is 28.1. The lowest BCUT2D eigenvalue weighted by Gasteiger charge is -2.35. The Hall–Kier alpha value is -2.84. The summed E-state index contributed by atoms with van der Waals surface area (Å²) in [6.07, 6.45) is -0.817. The fourth-order valence-electron chi connectivity index (χ4n) is 4.06. The molecule has 31 heavy (non-hydrogen) atoms. The van der Waals surface area contributed by atoms with Gasteiger partial charge in [0.25, 0.3) is 5.91 Å². The molecule has 0 atom stereocenters. The van der Waals surface area contributed by atoms with Gasteiger partial charge < -0.3 is 14.7 Å². The molecule has 0 N–H and O–H groups in total. The summed E-state index contributed by atoms with van der Waals surface area (Å²) in [5, 5.41) is 0. The third-order valence-corrected chi connectivity index (χ3v) is 5.82. The lowest BCUT2D eigenvalue weighted by atomic mass is 10.1. The van der Waals surface area contributed by atoms with Crippen LogP contribution in [0.15, 0.2) is 30.3 Å². The smallest absolute Gasteiger partial charge is 0.356 e.